The molecule has 0 N–H and O–H groups in total. The number of fused-ring (bicyclic) bond motifs is 1. The van der Waals surface area contributed by atoms with Crippen LogP contribution in [0.2, 0.25) is 0 Å². The lowest BCUT2D eigenvalue weighted by Gasteiger charge is -2.44. The summed E-state index contributed by atoms with van der Waals surface area (Å²) in [5.41, 5.74) is 1.38. The Labute approximate surface area is 168 Å². The fourth-order valence-corrected chi connectivity index (χ4v) is 5.60. The van der Waals surface area contributed by atoms with Crippen LogP contribution >= 0.6 is 11.8 Å². The van der Waals surface area contributed by atoms with E-state index in [0.717, 1.165) is 16.5 Å². The van der Waals surface area contributed by atoms with Crippen LogP contribution in [0.4, 0.5) is 5.69 Å². The molecule has 146 valence electrons. The molecule has 2 heterocycles. The second-order valence-electron chi connectivity index (χ2n) is 7.55. The van der Waals surface area contributed by atoms with Crippen LogP contribution in [0.3, 0.4) is 0 Å². The highest BCUT2D eigenvalue weighted by molar-refractivity contribution is 8.03. The van der Waals surface area contributed by atoms with E-state index in [1.54, 1.807) is 28.8 Å². The maximum Gasteiger partial charge on any atom is 0.269 e. The fourth-order valence-electron chi connectivity index (χ4n) is 4.37. The molecule has 3 aliphatic rings. The first kappa shape index (κ1) is 19.0. The van der Waals surface area contributed by atoms with Crippen LogP contribution in [0, 0.1) is 21.4 Å². The van der Waals surface area contributed by atoms with Gasteiger partial charge < -0.3 is 0 Å². The zero-order valence-corrected chi connectivity index (χ0v) is 16.4. The number of nitriles is 1. The maximum atomic E-state index is 12.9. The number of rotatable bonds is 3. The molecule has 1 amide bonds. The summed E-state index contributed by atoms with van der Waals surface area (Å²) in [6.45, 7) is 0.560. The summed E-state index contributed by atoms with van der Waals surface area (Å²) in [5, 5.41) is 21.5. The fraction of sp³-hybridized carbons (Fsp3) is 0.500. The van der Waals surface area contributed by atoms with Gasteiger partial charge in [-0.3, -0.25) is 24.7 Å². The molecule has 1 saturated carbocycles. The number of benzene rings is 1. The summed E-state index contributed by atoms with van der Waals surface area (Å²) in [5.74, 6) is 0.478. The Hall–Kier alpha value is -2.37. The van der Waals surface area contributed by atoms with Gasteiger partial charge in [0.15, 0.2) is 0 Å². The Morgan fingerprint density at radius 3 is 2.54 bits per heavy atom. The summed E-state index contributed by atoms with van der Waals surface area (Å²) in [7, 11) is 0. The number of thioether (sulfide) groups is 1. The lowest BCUT2D eigenvalue weighted by Crippen LogP contribution is -2.51. The van der Waals surface area contributed by atoms with Crippen LogP contribution < -0.4 is 0 Å². The Balaban J connectivity index is 1.59. The highest BCUT2D eigenvalue weighted by Crippen LogP contribution is 2.43. The van der Waals surface area contributed by atoms with Crippen molar-refractivity contribution in [3.63, 3.8) is 0 Å². The quantitative estimate of drug-likeness (QED) is 0.566. The zero-order chi connectivity index (χ0) is 19.7. The summed E-state index contributed by atoms with van der Waals surface area (Å²) >= 11 is 1.57. The number of nitro groups is 1. The Bertz CT molecular complexity index is 855. The van der Waals surface area contributed by atoms with Gasteiger partial charge >= 0.3 is 0 Å². The van der Waals surface area contributed by atoms with Gasteiger partial charge in [0, 0.05) is 30.5 Å². The second-order valence-corrected chi connectivity index (χ2v) is 8.49. The molecule has 2 aliphatic heterocycles. The normalized spacial score (nSPS) is 24.0. The Morgan fingerprint density at radius 2 is 1.89 bits per heavy atom. The Kier molecular flexibility index (Phi) is 5.38. The predicted octanol–water partition coefficient (Wildman–Crippen LogP) is 3.94. The average Bonchev–Trinajstić information content (AvgIpc) is 2.74. The number of amides is 1. The highest BCUT2D eigenvalue weighted by Gasteiger charge is 2.39. The highest BCUT2D eigenvalue weighted by atomic mass is 32.2. The monoisotopic (exact) mass is 398 g/mol. The molecule has 0 aromatic heterocycles. The van der Waals surface area contributed by atoms with Crippen molar-refractivity contribution in [3.05, 3.63) is 50.5 Å². The van der Waals surface area contributed by atoms with Crippen LogP contribution in [0.15, 0.2) is 34.9 Å². The number of allylic oxidation sites excluding steroid dienone is 1. The van der Waals surface area contributed by atoms with Gasteiger partial charge in [-0.15, -0.1) is 0 Å². The van der Waals surface area contributed by atoms with Crippen molar-refractivity contribution in [2.45, 2.75) is 50.5 Å². The van der Waals surface area contributed by atoms with E-state index in [4.69, 9.17) is 0 Å². The molecule has 2 fully saturated rings. The summed E-state index contributed by atoms with van der Waals surface area (Å²) in [6.07, 6.45) is 6.36. The van der Waals surface area contributed by atoms with E-state index < -0.39 is 4.92 Å². The van der Waals surface area contributed by atoms with Crippen molar-refractivity contribution < 1.29 is 9.72 Å². The molecule has 0 bridgehead atoms. The van der Waals surface area contributed by atoms with E-state index in [1.165, 1.54) is 44.2 Å². The molecule has 28 heavy (non-hydrogen) atoms. The van der Waals surface area contributed by atoms with Crippen molar-refractivity contribution in [3.8, 4) is 6.07 Å². The van der Waals surface area contributed by atoms with Crippen LogP contribution in [-0.2, 0) is 4.79 Å². The van der Waals surface area contributed by atoms with Gasteiger partial charge in [-0.1, -0.05) is 43.2 Å². The van der Waals surface area contributed by atoms with Crippen molar-refractivity contribution in [2.75, 3.05) is 12.5 Å². The molecule has 0 radical (unpaired) electrons. The van der Waals surface area contributed by atoms with Crippen LogP contribution in [-0.4, -0.2) is 39.2 Å². The molecule has 1 aromatic rings. The number of hydrogen-bond donors (Lipinski definition) is 0. The predicted molar refractivity (Wildman–Crippen MR) is 106 cm³/mol. The molecule has 0 spiro atoms. The molecular weight excluding hydrogens is 376 g/mol. The van der Waals surface area contributed by atoms with Gasteiger partial charge in [-0.05, 0) is 18.4 Å². The van der Waals surface area contributed by atoms with Crippen LogP contribution in [0.5, 0.6) is 0 Å². The summed E-state index contributed by atoms with van der Waals surface area (Å²) in [4.78, 5) is 27.5. The zero-order valence-electron chi connectivity index (χ0n) is 15.5. The van der Waals surface area contributed by atoms with Gasteiger partial charge in [0.2, 0.25) is 5.91 Å². The average molecular weight is 398 g/mol. The standard InChI is InChI=1S/C20H22N4O3S/c21-11-18-17(14-6-8-16(9-7-14)24(26)27)10-19(25)23-12-22(13-28-20(18)23)15-4-2-1-3-5-15/h6-9,15,17H,1-5,10,12-13H2/t17-/m0/s1. The van der Waals surface area contributed by atoms with Crippen molar-refractivity contribution >= 4 is 23.4 Å². The van der Waals surface area contributed by atoms with E-state index in [0.29, 0.717) is 18.3 Å². The van der Waals surface area contributed by atoms with E-state index in [1.807, 2.05) is 0 Å². The minimum Gasteiger partial charge on any atom is -0.292 e. The molecule has 8 heteroatoms. The van der Waals surface area contributed by atoms with E-state index in [2.05, 4.69) is 11.0 Å². The third-order valence-electron chi connectivity index (χ3n) is 5.91. The van der Waals surface area contributed by atoms with Gasteiger partial charge in [-0.2, -0.15) is 5.26 Å². The number of nitrogens with zero attached hydrogens (tertiary/aromatic N) is 4. The molecular formula is C20H22N4O3S. The molecule has 1 saturated heterocycles. The number of carbonyl (C=O) groups is 1. The van der Waals surface area contributed by atoms with E-state index >= 15 is 0 Å². The van der Waals surface area contributed by atoms with Crippen LogP contribution in [0.1, 0.15) is 50.0 Å². The Morgan fingerprint density at radius 1 is 1.18 bits per heavy atom. The number of non-ortho nitro benzene ring substituents is 1. The lowest BCUT2D eigenvalue weighted by molar-refractivity contribution is -0.384. The number of carbonyl (C=O) groups excluding carboxylic acids is 1. The third kappa shape index (κ3) is 3.52. The largest absolute Gasteiger partial charge is 0.292 e. The van der Waals surface area contributed by atoms with Crippen molar-refractivity contribution in [1.82, 2.24) is 9.80 Å². The van der Waals surface area contributed by atoms with Gasteiger partial charge in [0.1, 0.15) is 0 Å². The van der Waals surface area contributed by atoms with Crippen molar-refractivity contribution in [2.24, 2.45) is 0 Å². The lowest BCUT2D eigenvalue weighted by atomic mass is 9.86. The van der Waals surface area contributed by atoms with Crippen molar-refractivity contribution in [1.29, 1.82) is 5.26 Å². The smallest absolute Gasteiger partial charge is 0.269 e. The topological polar surface area (TPSA) is 90.5 Å². The third-order valence-corrected chi connectivity index (χ3v) is 7.09. The SMILES string of the molecule is N#CC1=C2SCN(C3CCCCC3)CN2C(=O)C[C@H]1c1ccc([N+](=O)[O-])cc1. The summed E-state index contributed by atoms with van der Waals surface area (Å²) in [6, 6.07) is 9.03. The molecule has 0 unspecified atom stereocenters. The van der Waals surface area contributed by atoms with E-state index in [9.17, 15) is 20.2 Å². The van der Waals surface area contributed by atoms with Gasteiger partial charge in [0.05, 0.1) is 34.1 Å². The molecule has 1 aliphatic carbocycles. The van der Waals surface area contributed by atoms with Gasteiger partial charge in [0.25, 0.3) is 5.69 Å². The van der Waals surface area contributed by atoms with Crippen LogP contribution in [0.25, 0.3) is 0 Å². The minimum atomic E-state index is -0.446. The first-order chi connectivity index (χ1) is 13.6. The number of nitro benzene ring substituents is 1. The minimum absolute atomic E-state index is 0.00818. The first-order valence-electron chi connectivity index (χ1n) is 9.64. The first-order valence-corrected chi connectivity index (χ1v) is 10.6. The molecule has 1 aromatic carbocycles. The maximum absolute atomic E-state index is 12.9. The molecule has 4 rings (SSSR count). The number of hydrogen-bond acceptors (Lipinski definition) is 6. The molecule has 7 nitrogen and oxygen atoms in total. The van der Waals surface area contributed by atoms with Gasteiger partial charge in [-0.25, -0.2) is 0 Å². The summed E-state index contributed by atoms with van der Waals surface area (Å²) < 4.78 is 0. The second kappa shape index (κ2) is 7.94. The van der Waals surface area contributed by atoms with E-state index in [-0.39, 0.29) is 23.9 Å². The molecule has 1 atom stereocenters.